The molecular weight excluding hydrogens is 270 g/mol. The van der Waals surface area contributed by atoms with Crippen LogP contribution >= 0.6 is 0 Å². The number of methoxy groups -OCH3 is 1. The lowest BCUT2D eigenvalue weighted by atomic mass is 10.1. The van der Waals surface area contributed by atoms with E-state index in [1.165, 1.54) is 12.3 Å². The molecule has 0 fully saturated rings. The molecule has 0 spiro atoms. The summed E-state index contributed by atoms with van der Waals surface area (Å²) in [4.78, 5) is 8.18. The molecule has 2 aromatic heterocycles. The first-order chi connectivity index (χ1) is 10.2. The molecule has 0 radical (unpaired) electrons. The van der Waals surface area contributed by atoms with E-state index in [4.69, 9.17) is 9.26 Å². The molecule has 2 heterocycles. The van der Waals surface area contributed by atoms with Gasteiger partial charge in [0.1, 0.15) is 11.5 Å². The second-order valence-corrected chi connectivity index (χ2v) is 4.48. The monoisotopic (exact) mass is 283 g/mol. The van der Waals surface area contributed by atoms with Crippen molar-refractivity contribution in [1.29, 1.82) is 0 Å². The number of nitrogens with zero attached hydrogens (tertiary/aromatic N) is 3. The molecule has 1 aromatic carbocycles. The Morgan fingerprint density at radius 2 is 2.14 bits per heavy atom. The van der Waals surface area contributed by atoms with Crippen molar-refractivity contribution in [2.45, 2.75) is 6.42 Å². The maximum atomic E-state index is 9.41. The second-order valence-electron chi connectivity index (χ2n) is 4.48. The summed E-state index contributed by atoms with van der Waals surface area (Å²) in [7, 11) is 1.63. The van der Waals surface area contributed by atoms with E-state index < -0.39 is 0 Å². The Labute approximate surface area is 121 Å². The van der Waals surface area contributed by atoms with Gasteiger partial charge in [-0.2, -0.15) is 4.98 Å². The molecule has 0 saturated carbocycles. The Hall–Kier alpha value is -2.89. The van der Waals surface area contributed by atoms with Crippen molar-refractivity contribution in [3.8, 4) is 23.0 Å². The maximum Gasteiger partial charge on any atom is 0.259 e. The Balaban J connectivity index is 1.81. The van der Waals surface area contributed by atoms with Gasteiger partial charge >= 0.3 is 0 Å². The van der Waals surface area contributed by atoms with E-state index in [1.807, 2.05) is 24.3 Å². The third kappa shape index (κ3) is 3.00. The van der Waals surface area contributed by atoms with E-state index in [2.05, 4.69) is 15.1 Å². The Morgan fingerprint density at radius 1 is 1.24 bits per heavy atom. The summed E-state index contributed by atoms with van der Waals surface area (Å²) in [6.45, 7) is 0. The topological polar surface area (TPSA) is 81.3 Å². The maximum absolute atomic E-state index is 9.41. The van der Waals surface area contributed by atoms with Crippen LogP contribution in [0.5, 0.6) is 11.5 Å². The van der Waals surface area contributed by atoms with Crippen LogP contribution < -0.4 is 4.74 Å². The minimum Gasteiger partial charge on any atom is -0.506 e. The minimum atomic E-state index is 0.0556. The average Bonchev–Trinajstić information content (AvgIpc) is 2.96. The lowest BCUT2D eigenvalue weighted by Gasteiger charge is -2.01. The highest BCUT2D eigenvalue weighted by atomic mass is 16.5. The highest BCUT2D eigenvalue weighted by Crippen LogP contribution is 2.21. The first-order valence-corrected chi connectivity index (χ1v) is 6.34. The number of aromatic hydroxyl groups is 1. The molecule has 6 heteroatoms. The zero-order chi connectivity index (χ0) is 14.7. The van der Waals surface area contributed by atoms with E-state index in [0.717, 1.165) is 11.3 Å². The van der Waals surface area contributed by atoms with Crippen molar-refractivity contribution in [2.75, 3.05) is 7.11 Å². The summed E-state index contributed by atoms with van der Waals surface area (Å²) in [6, 6.07) is 9.20. The first kappa shape index (κ1) is 13.1. The standard InChI is InChI=1S/C15H13N3O3/c1-20-13-4-2-3-10(5-13)6-14-17-15(21-18-14)11-7-12(19)9-16-8-11/h2-5,7-9,19H,6H2,1H3. The number of aromatic nitrogens is 3. The van der Waals surface area contributed by atoms with Crippen LogP contribution in [0.4, 0.5) is 0 Å². The SMILES string of the molecule is COc1cccc(Cc2noc(-c3cncc(O)c3)n2)c1. The largest absolute Gasteiger partial charge is 0.506 e. The summed E-state index contributed by atoms with van der Waals surface area (Å²) in [5, 5.41) is 13.3. The fourth-order valence-corrected chi connectivity index (χ4v) is 1.95. The molecule has 0 aliphatic carbocycles. The summed E-state index contributed by atoms with van der Waals surface area (Å²) in [5.74, 6) is 1.73. The zero-order valence-electron chi connectivity index (χ0n) is 11.4. The van der Waals surface area contributed by atoms with E-state index >= 15 is 0 Å². The quantitative estimate of drug-likeness (QED) is 0.792. The number of hydrogen-bond donors (Lipinski definition) is 1. The molecular formula is C15H13N3O3. The van der Waals surface area contributed by atoms with Crippen LogP contribution in [0.3, 0.4) is 0 Å². The van der Waals surface area contributed by atoms with Crippen LogP contribution in [0, 0.1) is 0 Å². The van der Waals surface area contributed by atoms with Crippen molar-refractivity contribution in [3.05, 3.63) is 54.1 Å². The predicted molar refractivity (Wildman–Crippen MR) is 75.0 cm³/mol. The Bertz CT molecular complexity index is 755. The average molecular weight is 283 g/mol. The van der Waals surface area contributed by atoms with Gasteiger partial charge < -0.3 is 14.4 Å². The van der Waals surface area contributed by atoms with Crippen LogP contribution in [-0.2, 0) is 6.42 Å². The molecule has 3 aromatic rings. The van der Waals surface area contributed by atoms with Crippen LogP contribution in [0.1, 0.15) is 11.4 Å². The number of rotatable bonds is 4. The predicted octanol–water partition coefficient (Wildman–Crippen LogP) is 2.44. The van der Waals surface area contributed by atoms with Crippen LogP contribution in [0.2, 0.25) is 0 Å². The van der Waals surface area contributed by atoms with E-state index in [9.17, 15) is 5.11 Å². The molecule has 0 bridgehead atoms. The number of pyridine rings is 1. The lowest BCUT2D eigenvalue weighted by molar-refractivity contribution is 0.414. The third-order valence-corrected chi connectivity index (χ3v) is 2.94. The molecule has 6 nitrogen and oxygen atoms in total. The van der Waals surface area contributed by atoms with E-state index in [1.54, 1.807) is 13.3 Å². The van der Waals surface area contributed by atoms with Crippen molar-refractivity contribution in [2.24, 2.45) is 0 Å². The summed E-state index contributed by atoms with van der Waals surface area (Å²) in [5.41, 5.74) is 1.61. The zero-order valence-corrected chi connectivity index (χ0v) is 11.4. The lowest BCUT2D eigenvalue weighted by Crippen LogP contribution is -1.92. The van der Waals surface area contributed by atoms with Gasteiger partial charge in [-0.15, -0.1) is 0 Å². The Morgan fingerprint density at radius 3 is 2.95 bits per heavy atom. The fourth-order valence-electron chi connectivity index (χ4n) is 1.95. The van der Waals surface area contributed by atoms with Gasteiger partial charge in [-0.1, -0.05) is 17.3 Å². The van der Waals surface area contributed by atoms with Crippen LogP contribution in [-0.4, -0.2) is 27.3 Å². The molecule has 0 aliphatic rings. The van der Waals surface area contributed by atoms with Gasteiger partial charge in [0.2, 0.25) is 0 Å². The van der Waals surface area contributed by atoms with Crippen molar-refractivity contribution in [1.82, 2.24) is 15.1 Å². The normalized spacial score (nSPS) is 10.5. The van der Waals surface area contributed by atoms with E-state index in [-0.39, 0.29) is 5.75 Å². The number of benzene rings is 1. The molecule has 1 N–H and O–H groups in total. The van der Waals surface area contributed by atoms with Gasteiger partial charge in [0.25, 0.3) is 5.89 Å². The minimum absolute atomic E-state index is 0.0556. The van der Waals surface area contributed by atoms with Crippen LogP contribution in [0.15, 0.2) is 47.2 Å². The van der Waals surface area contributed by atoms with Crippen molar-refractivity contribution >= 4 is 0 Å². The molecule has 106 valence electrons. The van der Waals surface area contributed by atoms with Crippen molar-refractivity contribution in [3.63, 3.8) is 0 Å². The molecule has 3 rings (SSSR count). The van der Waals surface area contributed by atoms with Crippen LogP contribution in [0.25, 0.3) is 11.5 Å². The van der Waals surface area contributed by atoms with Gasteiger partial charge in [0, 0.05) is 12.6 Å². The molecule has 21 heavy (non-hydrogen) atoms. The summed E-state index contributed by atoms with van der Waals surface area (Å²) >= 11 is 0. The van der Waals surface area contributed by atoms with E-state index in [0.29, 0.717) is 23.7 Å². The summed E-state index contributed by atoms with van der Waals surface area (Å²) < 4.78 is 10.4. The van der Waals surface area contributed by atoms with Gasteiger partial charge in [-0.05, 0) is 23.8 Å². The number of hydrogen-bond acceptors (Lipinski definition) is 6. The van der Waals surface area contributed by atoms with Gasteiger partial charge in [0.05, 0.1) is 18.9 Å². The highest BCUT2D eigenvalue weighted by molar-refractivity contribution is 5.53. The summed E-state index contributed by atoms with van der Waals surface area (Å²) in [6.07, 6.45) is 3.44. The van der Waals surface area contributed by atoms with Gasteiger partial charge in [0.15, 0.2) is 5.82 Å². The molecule has 0 amide bonds. The highest BCUT2D eigenvalue weighted by Gasteiger charge is 2.10. The molecule has 0 aliphatic heterocycles. The molecule has 0 unspecified atom stereocenters. The van der Waals surface area contributed by atoms with Crippen molar-refractivity contribution < 1.29 is 14.4 Å². The van der Waals surface area contributed by atoms with Gasteiger partial charge in [-0.25, -0.2) is 0 Å². The molecule has 0 saturated heterocycles. The third-order valence-electron chi connectivity index (χ3n) is 2.94. The second kappa shape index (κ2) is 5.62. The smallest absolute Gasteiger partial charge is 0.259 e. The first-order valence-electron chi connectivity index (χ1n) is 6.34. The Kier molecular flexibility index (Phi) is 3.51. The molecule has 0 atom stereocenters. The fraction of sp³-hybridized carbons (Fsp3) is 0.133. The number of ether oxygens (including phenoxy) is 1. The van der Waals surface area contributed by atoms with Gasteiger partial charge in [-0.3, -0.25) is 4.98 Å².